The van der Waals surface area contributed by atoms with E-state index in [1.807, 2.05) is 10.7 Å². The first-order valence-corrected chi connectivity index (χ1v) is 10.9. The smallest absolute Gasteiger partial charge is 0.228 e. The molecule has 1 saturated carbocycles. The molecule has 5 nitrogen and oxygen atoms in total. The Hall–Kier alpha value is -1.95. The molecule has 1 aromatic heterocycles. The fourth-order valence-corrected chi connectivity index (χ4v) is 5.32. The molecule has 0 bridgehead atoms. The summed E-state index contributed by atoms with van der Waals surface area (Å²) in [4.78, 5) is 12.8. The number of anilines is 1. The van der Waals surface area contributed by atoms with Crippen LogP contribution >= 0.6 is 0 Å². The maximum Gasteiger partial charge on any atom is 0.228 e. The Labute approximate surface area is 156 Å². The van der Waals surface area contributed by atoms with Crippen LogP contribution in [0.1, 0.15) is 54.5 Å². The van der Waals surface area contributed by atoms with Crippen molar-refractivity contribution in [2.75, 3.05) is 5.32 Å². The molecule has 1 atom stereocenters. The number of hydrogen-bond acceptors (Lipinski definition) is 3. The lowest BCUT2D eigenvalue weighted by molar-refractivity contribution is -0.120. The highest BCUT2D eigenvalue weighted by molar-refractivity contribution is 7.83. The van der Waals surface area contributed by atoms with E-state index in [1.54, 1.807) is 0 Å². The number of aryl methyl sites for hydroxylation is 2. The summed E-state index contributed by atoms with van der Waals surface area (Å²) in [6, 6.07) is 6.22. The number of hydrogen-bond donors (Lipinski definition) is 1. The largest absolute Gasteiger partial charge is 0.310 e. The fraction of sp³-hybridized carbons (Fsp3) is 0.500. The van der Waals surface area contributed by atoms with Crippen molar-refractivity contribution in [1.82, 2.24) is 9.78 Å². The fourth-order valence-electron chi connectivity index (χ4n) is 4.06. The molecule has 0 spiro atoms. The van der Waals surface area contributed by atoms with E-state index in [4.69, 9.17) is 5.10 Å². The summed E-state index contributed by atoms with van der Waals surface area (Å²) < 4.78 is 13.9. The number of carbonyl (C=O) groups excluding carboxylic acids is 1. The summed E-state index contributed by atoms with van der Waals surface area (Å²) in [7, 11) is -0.919. The zero-order valence-electron chi connectivity index (χ0n) is 15.4. The van der Waals surface area contributed by atoms with E-state index in [-0.39, 0.29) is 11.8 Å². The van der Waals surface area contributed by atoms with Crippen LogP contribution in [-0.4, -0.2) is 19.9 Å². The van der Waals surface area contributed by atoms with Crippen LogP contribution in [0.4, 0.5) is 5.82 Å². The standard InChI is InChI=1S/C20H25N3O2S/c1-13-8-9-18(14(2)10-13)23-19(16-11-26(25)12-17(16)22-23)21-20(24)15-6-4-3-5-7-15/h8-10,15H,3-7,11-12H2,1-2H3,(H,21,24). The lowest BCUT2D eigenvalue weighted by Crippen LogP contribution is -2.26. The van der Waals surface area contributed by atoms with Gasteiger partial charge in [-0.15, -0.1) is 0 Å². The zero-order valence-corrected chi connectivity index (χ0v) is 16.2. The minimum absolute atomic E-state index is 0.0776. The second kappa shape index (κ2) is 6.99. The van der Waals surface area contributed by atoms with E-state index in [0.717, 1.165) is 48.2 Å². The summed E-state index contributed by atoms with van der Waals surface area (Å²) in [5.41, 5.74) is 5.06. The lowest BCUT2D eigenvalue weighted by atomic mass is 9.88. The van der Waals surface area contributed by atoms with Crippen LogP contribution in [-0.2, 0) is 27.1 Å². The molecule has 1 aromatic carbocycles. The number of aromatic nitrogens is 2. The molecule has 1 aliphatic carbocycles. The van der Waals surface area contributed by atoms with E-state index >= 15 is 0 Å². The first-order chi connectivity index (χ1) is 12.5. The van der Waals surface area contributed by atoms with Crippen LogP contribution in [0, 0.1) is 19.8 Å². The molecule has 1 amide bonds. The van der Waals surface area contributed by atoms with Gasteiger partial charge in [-0.05, 0) is 38.3 Å². The van der Waals surface area contributed by atoms with Crippen LogP contribution in [0.3, 0.4) is 0 Å². The molecular formula is C20H25N3O2S. The Morgan fingerprint density at radius 1 is 1.19 bits per heavy atom. The van der Waals surface area contributed by atoms with Crippen molar-refractivity contribution in [3.8, 4) is 5.69 Å². The highest BCUT2D eigenvalue weighted by atomic mass is 32.2. The van der Waals surface area contributed by atoms with Crippen LogP contribution < -0.4 is 5.32 Å². The Morgan fingerprint density at radius 3 is 2.69 bits per heavy atom. The topological polar surface area (TPSA) is 64.0 Å². The van der Waals surface area contributed by atoms with Gasteiger partial charge in [-0.25, -0.2) is 4.68 Å². The third kappa shape index (κ3) is 3.22. The number of fused-ring (bicyclic) bond motifs is 1. The average molecular weight is 372 g/mol. The lowest BCUT2D eigenvalue weighted by Gasteiger charge is -2.21. The molecular weight excluding hydrogens is 346 g/mol. The van der Waals surface area contributed by atoms with E-state index in [1.165, 1.54) is 12.0 Å². The average Bonchev–Trinajstić information content (AvgIpc) is 3.13. The molecule has 138 valence electrons. The number of benzene rings is 1. The number of amides is 1. The van der Waals surface area contributed by atoms with E-state index in [0.29, 0.717) is 17.3 Å². The number of nitrogens with one attached hydrogen (secondary N) is 1. The SMILES string of the molecule is Cc1ccc(-n2nc3c(c2NC(=O)C2CCCCC2)CS(=O)C3)c(C)c1. The van der Waals surface area contributed by atoms with Crippen molar-refractivity contribution < 1.29 is 9.00 Å². The summed E-state index contributed by atoms with van der Waals surface area (Å²) >= 11 is 0. The van der Waals surface area contributed by atoms with Crippen LogP contribution in [0.25, 0.3) is 5.69 Å². The molecule has 2 heterocycles. The highest BCUT2D eigenvalue weighted by Gasteiger charge is 2.30. The zero-order chi connectivity index (χ0) is 18.3. The molecule has 4 rings (SSSR count). The molecule has 1 aliphatic heterocycles. The van der Waals surface area contributed by atoms with Gasteiger partial charge in [0.25, 0.3) is 0 Å². The summed E-state index contributed by atoms with van der Waals surface area (Å²) in [5.74, 6) is 1.82. The summed E-state index contributed by atoms with van der Waals surface area (Å²) in [6.45, 7) is 4.12. The quantitative estimate of drug-likeness (QED) is 0.893. The second-order valence-electron chi connectivity index (χ2n) is 7.53. The van der Waals surface area contributed by atoms with Gasteiger partial charge >= 0.3 is 0 Å². The molecule has 2 aliphatic rings. The van der Waals surface area contributed by atoms with Crippen molar-refractivity contribution in [1.29, 1.82) is 0 Å². The first kappa shape index (κ1) is 17.5. The summed E-state index contributed by atoms with van der Waals surface area (Å²) in [5, 5.41) is 7.86. The van der Waals surface area contributed by atoms with Gasteiger partial charge in [-0.2, -0.15) is 5.10 Å². The Morgan fingerprint density at radius 2 is 1.96 bits per heavy atom. The Balaban J connectivity index is 1.72. The van der Waals surface area contributed by atoms with E-state index in [9.17, 15) is 9.00 Å². The molecule has 0 radical (unpaired) electrons. The predicted molar refractivity (Wildman–Crippen MR) is 104 cm³/mol. The normalized spacial score (nSPS) is 20.2. The maximum atomic E-state index is 12.8. The van der Waals surface area contributed by atoms with Crippen molar-refractivity contribution >= 4 is 22.5 Å². The molecule has 6 heteroatoms. The maximum absolute atomic E-state index is 12.8. The number of carbonyl (C=O) groups is 1. The number of nitrogens with zero attached hydrogens (tertiary/aromatic N) is 2. The minimum Gasteiger partial charge on any atom is -0.310 e. The molecule has 1 fully saturated rings. The van der Waals surface area contributed by atoms with E-state index < -0.39 is 10.8 Å². The van der Waals surface area contributed by atoms with Crippen LogP contribution in [0.2, 0.25) is 0 Å². The minimum atomic E-state index is -0.919. The van der Waals surface area contributed by atoms with Gasteiger partial charge in [0.2, 0.25) is 5.91 Å². The first-order valence-electron chi connectivity index (χ1n) is 9.37. The molecule has 2 aromatic rings. The van der Waals surface area contributed by atoms with Crippen molar-refractivity contribution in [3.63, 3.8) is 0 Å². The van der Waals surface area contributed by atoms with Crippen molar-refractivity contribution in [3.05, 3.63) is 40.6 Å². The van der Waals surface area contributed by atoms with Gasteiger partial charge in [0.05, 0.1) is 22.9 Å². The monoisotopic (exact) mass is 371 g/mol. The number of rotatable bonds is 3. The molecule has 1 N–H and O–H groups in total. The van der Waals surface area contributed by atoms with E-state index in [2.05, 4.69) is 31.3 Å². The van der Waals surface area contributed by atoms with Gasteiger partial charge in [0, 0.05) is 22.3 Å². The van der Waals surface area contributed by atoms with Gasteiger partial charge in [-0.3, -0.25) is 9.00 Å². The summed E-state index contributed by atoms with van der Waals surface area (Å²) in [6.07, 6.45) is 5.38. The van der Waals surface area contributed by atoms with Crippen LogP contribution in [0.5, 0.6) is 0 Å². The molecule has 26 heavy (non-hydrogen) atoms. The third-order valence-corrected chi connectivity index (χ3v) is 6.67. The molecule has 1 unspecified atom stereocenters. The second-order valence-corrected chi connectivity index (χ2v) is 8.99. The van der Waals surface area contributed by atoms with Gasteiger partial charge in [0.1, 0.15) is 5.82 Å². The van der Waals surface area contributed by atoms with Crippen molar-refractivity contribution in [2.24, 2.45) is 5.92 Å². The third-order valence-electron chi connectivity index (χ3n) is 5.47. The van der Waals surface area contributed by atoms with Gasteiger partial charge < -0.3 is 5.32 Å². The van der Waals surface area contributed by atoms with Crippen molar-refractivity contribution in [2.45, 2.75) is 57.5 Å². The predicted octanol–water partition coefficient (Wildman–Crippen LogP) is 3.77. The Kier molecular flexibility index (Phi) is 4.69. The highest BCUT2D eigenvalue weighted by Crippen LogP contribution is 2.33. The Bertz CT molecular complexity index is 881. The van der Waals surface area contributed by atoms with Gasteiger partial charge in [0.15, 0.2) is 0 Å². The van der Waals surface area contributed by atoms with Gasteiger partial charge in [-0.1, -0.05) is 37.0 Å². The molecule has 0 saturated heterocycles. The van der Waals surface area contributed by atoms with Crippen LogP contribution in [0.15, 0.2) is 18.2 Å².